The molecular weight excluding hydrogens is 506 g/mol. The summed E-state index contributed by atoms with van der Waals surface area (Å²) in [6.07, 6.45) is 10.3. The number of rotatable bonds is 6. The monoisotopic (exact) mass is 546 g/mol. The molecule has 2 aliphatic heterocycles. The number of benzene rings is 2. The minimum absolute atomic E-state index is 0.0630. The van der Waals surface area contributed by atoms with Gasteiger partial charge in [0.15, 0.2) is 0 Å². The van der Waals surface area contributed by atoms with Crippen LogP contribution < -0.4 is 0 Å². The van der Waals surface area contributed by atoms with E-state index in [1.807, 2.05) is 24.3 Å². The topological polar surface area (TPSA) is 40.6 Å². The van der Waals surface area contributed by atoms with Crippen molar-refractivity contribution >= 4 is 17.4 Å². The van der Waals surface area contributed by atoms with Crippen molar-refractivity contribution < 1.29 is 18.4 Å². The largest absolute Gasteiger partial charge is 0.302 e. The van der Waals surface area contributed by atoms with Crippen LogP contribution >= 0.6 is 0 Å². The van der Waals surface area contributed by atoms with Crippen LogP contribution in [0.5, 0.6) is 0 Å². The molecule has 40 heavy (non-hydrogen) atoms. The summed E-state index contributed by atoms with van der Waals surface area (Å²) >= 11 is 0. The van der Waals surface area contributed by atoms with Crippen LogP contribution in [0.15, 0.2) is 54.1 Å². The van der Waals surface area contributed by atoms with E-state index in [1.165, 1.54) is 42.7 Å². The molecule has 2 heterocycles. The average Bonchev–Trinajstić information content (AvgIpc) is 3.22. The van der Waals surface area contributed by atoms with Gasteiger partial charge in [0.25, 0.3) is 0 Å². The van der Waals surface area contributed by atoms with Crippen LogP contribution in [0, 0.1) is 35.3 Å². The van der Waals surface area contributed by atoms with Gasteiger partial charge in [-0.15, -0.1) is 0 Å². The Hall–Kier alpha value is -2.86. The minimum Gasteiger partial charge on any atom is -0.302 e. The fourth-order valence-corrected chi connectivity index (χ4v) is 7.81. The molecule has 6 heteroatoms. The van der Waals surface area contributed by atoms with Gasteiger partial charge in [-0.2, -0.15) is 0 Å². The zero-order chi connectivity index (χ0) is 27.6. The summed E-state index contributed by atoms with van der Waals surface area (Å²) < 4.78 is 27.4. The van der Waals surface area contributed by atoms with E-state index in [0.717, 1.165) is 87.7 Å². The molecular formula is C34H40F2N2O2. The number of halogens is 2. The Kier molecular flexibility index (Phi) is 8.15. The number of hydrogen-bond acceptors (Lipinski definition) is 3. The molecule has 2 aromatic carbocycles. The molecule has 0 N–H and O–H groups in total. The Balaban J connectivity index is 1.14. The van der Waals surface area contributed by atoms with E-state index in [4.69, 9.17) is 0 Å². The first-order valence-corrected chi connectivity index (χ1v) is 15.3. The first-order valence-electron chi connectivity index (χ1n) is 15.3. The van der Waals surface area contributed by atoms with Crippen LogP contribution in [0.4, 0.5) is 8.78 Å². The molecule has 4 nitrogen and oxygen atoms in total. The van der Waals surface area contributed by atoms with Crippen LogP contribution in [0.25, 0.3) is 5.57 Å². The summed E-state index contributed by atoms with van der Waals surface area (Å²) in [6, 6.07) is 13.2. The molecule has 2 aliphatic carbocycles. The summed E-state index contributed by atoms with van der Waals surface area (Å²) in [7, 11) is 0. The standard InChI is InChI=1S/C34H40F2N2O2/c35-28-13-9-23(10-14-28)32(24-11-15-29(36)16-12-24)25-17-19-37(20-18-25)21-26-5-1-2-6-27(26)22-38-33(39)30-7-3-4-8-31(30)34(38)40/h9-16,26-27,30-31H,1-8,17-22H2. The molecule has 4 aliphatic rings. The highest BCUT2D eigenvalue weighted by Crippen LogP contribution is 2.41. The molecule has 212 valence electrons. The molecule has 0 aromatic heterocycles. The highest BCUT2D eigenvalue weighted by molar-refractivity contribution is 6.05. The molecule has 4 atom stereocenters. The maximum Gasteiger partial charge on any atom is 0.233 e. The second kappa shape index (κ2) is 11.9. The van der Waals surface area contributed by atoms with Gasteiger partial charge in [-0.05, 0) is 91.3 Å². The smallest absolute Gasteiger partial charge is 0.233 e. The van der Waals surface area contributed by atoms with Crippen molar-refractivity contribution in [3.05, 3.63) is 76.9 Å². The zero-order valence-corrected chi connectivity index (χ0v) is 23.3. The lowest BCUT2D eigenvalue weighted by molar-refractivity contribution is -0.141. The minimum atomic E-state index is -0.264. The Labute approximate surface area is 236 Å². The van der Waals surface area contributed by atoms with Crippen LogP contribution in [-0.4, -0.2) is 47.8 Å². The van der Waals surface area contributed by atoms with Gasteiger partial charge in [-0.25, -0.2) is 8.78 Å². The third-order valence-electron chi connectivity index (χ3n) is 9.99. The molecule has 2 saturated carbocycles. The van der Waals surface area contributed by atoms with E-state index in [1.54, 1.807) is 4.90 Å². The number of carbonyl (C=O) groups excluding carboxylic acids is 2. The highest BCUT2D eigenvalue weighted by Gasteiger charge is 2.49. The molecule has 2 aromatic rings. The Bertz CT molecular complexity index is 1170. The zero-order valence-electron chi connectivity index (χ0n) is 23.3. The summed E-state index contributed by atoms with van der Waals surface area (Å²) in [5.74, 6) is 0.421. The predicted molar refractivity (Wildman–Crippen MR) is 152 cm³/mol. The van der Waals surface area contributed by atoms with E-state index in [0.29, 0.717) is 18.4 Å². The number of likely N-dealkylation sites (tertiary alicyclic amines) is 2. The third-order valence-corrected chi connectivity index (χ3v) is 9.99. The number of imide groups is 1. The number of amides is 2. The SMILES string of the molecule is O=C1C2CCCCC2C(=O)N1CC1CCCCC1CN1CCC(=C(c2ccc(F)cc2)c2ccc(F)cc2)CC1. The van der Waals surface area contributed by atoms with Crippen LogP contribution in [0.2, 0.25) is 0 Å². The van der Waals surface area contributed by atoms with E-state index in [-0.39, 0.29) is 35.3 Å². The Morgan fingerprint density at radius 3 is 1.60 bits per heavy atom. The average molecular weight is 547 g/mol. The quantitative estimate of drug-likeness (QED) is 0.373. The molecule has 2 amide bonds. The van der Waals surface area contributed by atoms with E-state index >= 15 is 0 Å². The molecule has 2 saturated heterocycles. The number of fused-ring (bicyclic) bond motifs is 1. The first-order chi connectivity index (χ1) is 19.5. The Morgan fingerprint density at radius 1 is 0.650 bits per heavy atom. The van der Waals surface area contributed by atoms with Crippen molar-refractivity contribution in [2.24, 2.45) is 23.7 Å². The summed E-state index contributed by atoms with van der Waals surface area (Å²) in [5, 5.41) is 0. The lowest BCUT2D eigenvalue weighted by Gasteiger charge is -2.39. The van der Waals surface area contributed by atoms with Crippen molar-refractivity contribution in [2.45, 2.75) is 64.2 Å². The van der Waals surface area contributed by atoms with Gasteiger partial charge < -0.3 is 4.90 Å². The number of hydrogen-bond donors (Lipinski definition) is 0. The Morgan fingerprint density at radius 2 is 1.10 bits per heavy atom. The van der Waals surface area contributed by atoms with Gasteiger partial charge in [0.2, 0.25) is 11.8 Å². The van der Waals surface area contributed by atoms with Gasteiger partial charge in [-0.1, -0.05) is 55.5 Å². The highest BCUT2D eigenvalue weighted by atomic mass is 19.1. The van der Waals surface area contributed by atoms with Crippen molar-refractivity contribution in [2.75, 3.05) is 26.2 Å². The van der Waals surface area contributed by atoms with Gasteiger partial charge in [-0.3, -0.25) is 14.5 Å². The lowest BCUT2D eigenvalue weighted by atomic mass is 9.78. The van der Waals surface area contributed by atoms with Crippen LogP contribution in [-0.2, 0) is 9.59 Å². The summed E-state index contributed by atoms with van der Waals surface area (Å²) in [6.45, 7) is 3.49. The summed E-state index contributed by atoms with van der Waals surface area (Å²) in [5.41, 5.74) is 4.34. The molecule has 4 unspecified atom stereocenters. The van der Waals surface area contributed by atoms with E-state index in [2.05, 4.69) is 4.90 Å². The van der Waals surface area contributed by atoms with Crippen LogP contribution in [0.1, 0.15) is 75.3 Å². The summed E-state index contributed by atoms with van der Waals surface area (Å²) in [4.78, 5) is 30.5. The van der Waals surface area contributed by atoms with Gasteiger partial charge in [0.1, 0.15) is 11.6 Å². The number of nitrogens with zero attached hydrogens (tertiary/aromatic N) is 2. The van der Waals surface area contributed by atoms with Crippen molar-refractivity contribution in [3.8, 4) is 0 Å². The van der Waals surface area contributed by atoms with Crippen molar-refractivity contribution in [1.82, 2.24) is 9.80 Å². The lowest BCUT2D eigenvalue weighted by Crippen LogP contribution is -2.43. The fourth-order valence-electron chi connectivity index (χ4n) is 7.81. The molecule has 6 rings (SSSR count). The van der Waals surface area contributed by atoms with E-state index in [9.17, 15) is 18.4 Å². The number of carbonyl (C=O) groups is 2. The fraction of sp³-hybridized carbons (Fsp3) is 0.529. The van der Waals surface area contributed by atoms with Gasteiger partial charge in [0, 0.05) is 26.2 Å². The number of piperidine rings is 1. The van der Waals surface area contributed by atoms with Crippen LogP contribution in [0.3, 0.4) is 0 Å². The maximum atomic E-state index is 13.7. The van der Waals surface area contributed by atoms with Crippen molar-refractivity contribution in [3.63, 3.8) is 0 Å². The second-order valence-electron chi connectivity index (χ2n) is 12.4. The molecule has 4 fully saturated rings. The van der Waals surface area contributed by atoms with E-state index < -0.39 is 0 Å². The molecule has 0 radical (unpaired) electrons. The second-order valence-corrected chi connectivity index (χ2v) is 12.4. The normalized spacial score (nSPS) is 27.6. The predicted octanol–water partition coefficient (Wildman–Crippen LogP) is 6.84. The maximum absolute atomic E-state index is 13.7. The molecule has 0 spiro atoms. The third kappa shape index (κ3) is 5.65. The molecule has 0 bridgehead atoms. The van der Waals surface area contributed by atoms with Gasteiger partial charge >= 0.3 is 0 Å². The van der Waals surface area contributed by atoms with Crippen molar-refractivity contribution in [1.29, 1.82) is 0 Å². The van der Waals surface area contributed by atoms with Gasteiger partial charge in [0.05, 0.1) is 11.8 Å². The first kappa shape index (κ1) is 27.3.